The molecule has 0 radical (unpaired) electrons. The minimum Gasteiger partial charge on any atom is -0.326 e. The molecule has 27 heavy (non-hydrogen) atoms. The molecule has 0 unspecified atom stereocenters. The normalized spacial score (nSPS) is 15.7. The first-order valence-electron chi connectivity index (χ1n) is 9.29. The van der Waals surface area contributed by atoms with Crippen molar-refractivity contribution < 1.29 is 13.2 Å². The van der Waals surface area contributed by atoms with Crippen molar-refractivity contribution in [3.05, 3.63) is 42.2 Å². The zero-order valence-corrected chi connectivity index (χ0v) is 17.1. The van der Waals surface area contributed by atoms with Crippen LogP contribution in [0.3, 0.4) is 0 Å². The molecule has 1 aliphatic rings. The van der Waals surface area contributed by atoms with Crippen LogP contribution >= 0.6 is 11.8 Å². The number of carbonyl (C=O) groups excluding carboxylic acids is 1. The fraction of sp³-hybridized carbons (Fsp3) is 0.474. The number of rotatable bonds is 8. The van der Waals surface area contributed by atoms with Gasteiger partial charge >= 0.3 is 0 Å². The van der Waals surface area contributed by atoms with Gasteiger partial charge in [-0.3, -0.25) is 4.79 Å². The Labute approximate surface area is 165 Å². The summed E-state index contributed by atoms with van der Waals surface area (Å²) in [6.45, 7) is 4.12. The number of benzene rings is 1. The summed E-state index contributed by atoms with van der Waals surface area (Å²) in [4.78, 5) is 17.0. The Balaban J connectivity index is 1.64. The molecule has 0 spiro atoms. The smallest absolute Gasteiger partial charge is 0.243 e. The van der Waals surface area contributed by atoms with E-state index in [-0.39, 0.29) is 16.4 Å². The van der Waals surface area contributed by atoms with Gasteiger partial charge in [0.15, 0.2) is 10.9 Å². The number of hydrogen-bond acceptors (Lipinski definition) is 5. The molecule has 1 fully saturated rings. The number of ketones is 1. The Morgan fingerprint density at radius 3 is 2.52 bits per heavy atom. The van der Waals surface area contributed by atoms with E-state index < -0.39 is 10.0 Å². The van der Waals surface area contributed by atoms with E-state index >= 15 is 0 Å². The molecule has 1 saturated heterocycles. The number of hydrogen-bond donors (Lipinski definition) is 0. The molecule has 1 aromatic carbocycles. The van der Waals surface area contributed by atoms with Gasteiger partial charge in [0.2, 0.25) is 10.0 Å². The van der Waals surface area contributed by atoms with Gasteiger partial charge in [-0.1, -0.05) is 37.2 Å². The Hall–Kier alpha value is -1.64. The van der Waals surface area contributed by atoms with Gasteiger partial charge in [0.25, 0.3) is 0 Å². The molecule has 0 atom stereocenters. The predicted octanol–water partition coefficient (Wildman–Crippen LogP) is 3.44. The zero-order chi connectivity index (χ0) is 19.3. The molecule has 2 aromatic rings. The van der Waals surface area contributed by atoms with Crippen molar-refractivity contribution in [1.82, 2.24) is 13.9 Å². The van der Waals surface area contributed by atoms with E-state index in [1.54, 1.807) is 30.5 Å². The molecule has 0 bridgehead atoms. The second-order valence-electron chi connectivity index (χ2n) is 6.60. The highest BCUT2D eigenvalue weighted by molar-refractivity contribution is 7.99. The number of imidazole rings is 1. The SMILES string of the molecule is CCCn1ccnc1SCC(=O)c1ccc(S(=O)(=O)N2CCCCC2)cc1. The Morgan fingerprint density at radius 2 is 1.85 bits per heavy atom. The zero-order valence-electron chi connectivity index (χ0n) is 15.5. The standard InChI is InChI=1S/C19H25N3O3S2/c1-2-11-21-14-10-20-19(21)26-15-18(23)16-6-8-17(9-7-16)27(24,25)22-12-4-3-5-13-22/h6-10,14H,2-5,11-13,15H2,1H3. The van der Waals surface area contributed by atoms with Crippen LogP contribution in [0, 0.1) is 0 Å². The van der Waals surface area contributed by atoms with Gasteiger partial charge in [-0.15, -0.1) is 0 Å². The monoisotopic (exact) mass is 407 g/mol. The number of piperidine rings is 1. The fourth-order valence-electron chi connectivity index (χ4n) is 3.13. The van der Waals surface area contributed by atoms with Crippen molar-refractivity contribution in [1.29, 1.82) is 0 Å². The molecule has 0 aliphatic carbocycles. The van der Waals surface area contributed by atoms with E-state index in [1.807, 2.05) is 10.8 Å². The lowest BCUT2D eigenvalue weighted by molar-refractivity contribution is 0.102. The van der Waals surface area contributed by atoms with Crippen LogP contribution in [-0.4, -0.2) is 46.9 Å². The first-order valence-corrected chi connectivity index (χ1v) is 11.7. The van der Waals surface area contributed by atoms with Crippen molar-refractivity contribution in [2.45, 2.75) is 49.2 Å². The second kappa shape index (κ2) is 9.03. The van der Waals surface area contributed by atoms with Gasteiger partial charge in [0, 0.05) is 37.6 Å². The maximum absolute atomic E-state index is 12.7. The van der Waals surface area contributed by atoms with E-state index in [2.05, 4.69) is 11.9 Å². The first-order chi connectivity index (χ1) is 13.0. The van der Waals surface area contributed by atoms with Crippen LogP contribution in [0.2, 0.25) is 0 Å². The number of thioether (sulfide) groups is 1. The van der Waals surface area contributed by atoms with E-state index in [0.29, 0.717) is 18.7 Å². The lowest BCUT2D eigenvalue weighted by atomic mass is 10.1. The molecule has 0 saturated carbocycles. The number of Topliss-reactive ketones (excluding diaryl/α,β-unsaturated/α-hetero) is 1. The molecular formula is C19H25N3O3S2. The molecule has 8 heteroatoms. The number of aryl methyl sites for hydroxylation is 1. The third kappa shape index (κ3) is 4.80. The van der Waals surface area contributed by atoms with Crippen molar-refractivity contribution in [2.75, 3.05) is 18.8 Å². The minimum atomic E-state index is -3.46. The topological polar surface area (TPSA) is 72.3 Å². The number of carbonyl (C=O) groups is 1. The van der Waals surface area contributed by atoms with E-state index in [0.717, 1.165) is 37.4 Å². The summed E-state index contributed by atoms with van der Waals surface area (Å²) in [5, 5.41) is 0.828. The minimum absolute atomic E-state index is 0.0343. The summed E-state index contributed by atoms with van der Waals surface area (Å²) in [5.41, 5.74) is 0.522. The lowest BCUT2D eigenvalue weighted by Crippen LogP contribution is -2.35. The van der Waals surface area contributed by atoms with E-state index in [9.17, 15) is 13.2 Å². The third-order valence-electron chi connectivity index (χ3n) is 4.60. The van der Waals surface area contributed by atoms with Gasteiger partial charge in [-0.05, 0) is 31.4 Å². The highest BCUT2D eigenvalue weighted by Crippen LogP contribution is 2.22. The summed E-state index contributed by atoms with van der Waals surface area (Å²) < 4.78 is 28.9. The largest absolute Gasteiger partial charge is 0.326 e. The molecule has 3 rings (SSSR count). The summed E-state index contributed by atoms with van der Waals surface area (Å²) in [6.07, 6.45) is 7.54. The van der Waals surface area contributed by atoms with E-state index in [1.165, 1.54) is 16.1 Å². The maximum atomic E-state index is 12.7. The van der Waals surface area contributed by atoms with Crippen LogP contribution in [-0.2, 0) is 16.6 Å². The highest BCUT2D eigenvalue weighted by atomic mass is 32.2. The van der Waals surface area contributed by atoms with Crippen LogP contribution in [0.5, 0.6) is 0 Å². The quantitative estimate of drug-likeness (QED) is 0.495. The molecule has 6 nitrogen and oxygen atoms in total. The summed E-state index contributed by atoms with van der Waals surface area (Å²) in [5.74, 6) is 0.242. The molecule has 1 aromatic heterocycles. The maximum Gasteiger partial charge on any atom is 0.243 e. The van der Waals surface area contributed by atoms with Gasteiger partial charge in [-0.2, -0.15) is 4.31 Å². The Bertz CT molecular complexity index is 870. The number of nitrogens with zero attached hydrogens (tertiary/aromatic N) is 3. The summed E-state index contributed by atoms with van der Waals surface area (Å²) >= 11 is 1.40. The van der Waals surface area contributed by atoms with Crippen molar-refractivity contribution in [3.63, 3.8) is 0 Å². The summed E-state index contributed by atoms with van der Waals surface area (Å²) in [6, 6.07) is 6.30. The molecule has 0 amide bonds. The van der Waals surface area contributed by atoms with Gasteiger partial charge in [0.05, 0.1) is 10.6 Å². The molecule has 1 aliphatic heterocycles. The molecule has 2 heterocycles. The predicted molar refractivity (Wildman–Crippen MR) is 107 cm³/mol. The average Bonchev–Trinajstić information content (AvgIpc) is 3.14. The van der Waals surface area contributed by atoms with Crippen molar-refractivity contribution in [2.24, 2.45) is 0 Å². The second-order valence-corrected chi connectivity index (χ2v) is 9.48. The Kier molecular flexibility index (Phi) is 6.73. The third-order valence-corrected chi connectivity index (χ3v) is 7.52. The molecule has 146 valence electrons. The average molecular weight is 408 g/mol. The van der Waals surface area contributed by atoms with Crippen molar-refractivity contribution >= 4 is 27.6 Å². The lowest BCUT2D eigenvalue weighted by Gasteiger charge is -2.25. The van der Waals surface area contributed by atoms with Gasteiger partial charge < -0.3 is 4.57 Å². The van der Waals surface area contributed by atoms with Crippen LogP contribution in [0.1, 0.15) is 43.0 Å². The van der Waals surface area contributed by atoms with Gasteiger partial charge in [0.1, 0.15) is 0 Å². The van der Waals surface area contributed by atoms with E-state index in [4.69, 9.17) is 0 Å². The van der Waals surface area contributed by atoms with Crippen molar-refractivity contribution in [3.8, 4) is 0 Å². The van der Waals surface area contributed by atoms with Gasteiger partial charge in [-0.25, -0.2) is 13.4 Å². The van der Waals surface area contributed by atoms with Crippen LogP contribution in [0.4, 0.5) is 0 Å². The number of aromatic nitrogens is 2. The highest BCUT2D eigenvalue weighted by Gasteiger charge is 2.25. The fourth-order valence-corrected chi connectivity index (χ4v) is 5.52. The Morgan fingerprint density at radius 1 is 1.15 bits per heavy atom. The number of sulfonamides is 1. The molecular weight excluding hydrogens is 382 g/mol. The molecule has 0 N–H and O–H groups in total. The van der Waals surface area contributed by atoms with Crippen LogP contribution in [0.15, 0.2) is 46.7 Å². The first kappa shape index (κ1) is 20.1. The van der Waals surface area contributed by atoms with Crippen LogP contribution < -0.4 is 0 Å². The van der Waals surface area contributed by atoms with Crippen LogP contribution in [0.25, 0.3) is 0 Å². The summed E-state index contributed by atoms with van der Waals surface area (Å²) in [7, 11) is -3.46.